The third kappa shape index (κ3) is 3.68. The van der Waals surface area contributed by atoms with Gasteiger partial charge in [-0.1, -0.05) is 17.9 Å². The summed E-state index contributed by atoms with van der Waals surface area (Å²) in [5.74, 6) is -0.731. The molecule has 0 fully saturated rings. The van der Waals surface area contributed by atoms with Gasteiger partial charge in [-0.3, -0.25) is 0 Å². The molecule has 0 aliphatic heterocycles. The van der Waals surface area contributed by atoms with E-state index in [4.69, 9.17) is 10.2 Å². The van der Waals surface area contributed by atoms with Gasteiger partial charge in [0, 0.05) is 5.56 Å². The largest absolute Gasteiger partial charge is 0.478 e. The third-order valence-electron chi connectivity index (χ3n) is 3.34. The van der Waals surface area contributed by atoms with Crippen LogP contribution in [0.3, 0.4) is 0 Å². The highest BCUT2D eigenvalue weighted by molar-refractivity contribution is 6.02. The Balaban J connectivity index is 2.62. The molecular formula is C18H10O8. The number of carboxylic acids is 4. The van der Waals surface area contributed by atoms with E-state index in [1.54, 1.807) is 0 Å². The molecule has 4 N–H and O–H groups in total. The van der Waals surface area contributed by atoms with Gasteiger partial charge in [0.15, 0.2) is 0 Å². The van der Waals surface area contributed by atoms with Gasteiger partial charge in [0.2, 0.25) is 0 Å². The van der Waals surface area contributed by atoms with Crippen LogP contribution in [0.4, 0.5) is 0 Å². The summed E-state index contributed by atoms with van der Waals surface area (Å²) in [4.78, 5) is 44.7. The first-order chi connectivity index (χ1) is 12.2. The zero-order chi connectivity index (χ0) is 19.4. The lowest BCUT2D eigenvalue weighted by Crippen LogP contribution is -2.08. The van der Waals surface area contributed by atoms with Crippen LogP contribution < -0.4 is 0 Å². The molecule has 0 saturated carbocycles. The molecule has 0 aromatic heterocycles. The standard InChI is InChI=1S/C18H10O8/c19-15(20)11-2-1-3-12(16(21)22)10(11)6-4-9-5-7-13(17(23)24)14(8-9)18(25)26/h1-3,5,7-8H,(H,19,20)(H,21,22)(H,23,24)(H,25,26). The monoisotopic (exact) mass is 354 g/mol. The van der Waals surface area contributed by atoms with E-state index in [0.29, 0.717) is 0 Å². The Labute approximate surface area is 146 Å². The van der Waals surface area contributed by atoms with E-state index >= 15 is 0 Å². The molecule has 0 unspecified atom stereocenters. The average molecular weight is 354 g/mol. The van der Waals surface area contributed by atoms with Gasteiger partial charge in [-0.25, -0.2) is 19.2 Å². The van der Waals surface area contributed by atoms with Gasteiger partial charge in [-0.15, -0.1) is 0 Å². The van der Waals surface area contributed by atoms with Crippen molar-refractivity contribution in [2.24, 2.45) is 0 Å². The van der Waals surface area contributed by atoms with Crippen molar-refractivity contribution < 1.29 is 39.6 Å². The molecule has 0 bridgehead atoms. The molecule has 0 saturated heterocycles. The highest BCUT2D eigenvalue weighted by atomic mass is 16.4. The lowest BCUT2D eigenvalue weighted by molar-refractivity contribution is 0.0651. The maximum atomic E-state index is 11.3. The smallest absolute Gasteiger partial charge is 0.336 e. The Bertz CT molecular complexity index is 975. The van der Waals surface area contributed by atoms with Crippen molar-refractivity contribution in [3.63, 3.8) is 0 Å². The number of aromatic carboxylic acids is 4. The van der Waals surface area contributed by atoms with Crippen LogP contribution >= 0.6 is 0 Å². The van der Waals surface area contributed by atoms with Gasteiger partial charge < -0.3 is 20.4 Å². The fourth-order valence-corrected chi connectivity index (χ4v) is 2.16. The van der Waals surface area contributed by atoms with Crippen LogP contribution in [0.25, 0.3) is 0 Å². The van der Waals surface area contributed by atoms with Gasteiger partial charge in [-0.2, -0.15) is 0 Å². The quantitative estimate of drug-likeness (QED) is 0.608. The summed E-state index contributed by atoms with van der Waals surface area (Å²) in [5, 5.41) is 36.4. The van der Waals surface area contributed by atoms with Crippen molar-refractivity contribution in [2.45, 2.75) is 0 Å². The highest BCUT2D eigenvalue weighted by Crippen LogP contribution is 2.16. The first-order valence-electron chi connectivity index (χ1n) is 6.94. The van der Waals surface area contributed by atoms with E-state index < -0.39 is 35.0 Å². The minimum absolute atomic E-state index is 0.0870. The molecule has 0 atom stereocenters. The van der Waals surface area contributed by atoms with Crippen LogP contribution in [0.2, 0.25) is 0 Å². The van der Waals surface area contributed by atoms with E-state index in [-0.39, 0.29) is 22.3 Å². The van der Waals surface area contributed by atoms with Crippen molar-refractivity contribution in [1.29, 1.82) is 0 Å². The lowest BCUT2D eigenvalue weighted by Gasteiger charge is -2.04. The van der Waals surface area contributed by atoms with Gasteiger partial charge in [0.25, 0.3) is 0 Å². The first-order valence-corrected chi connectivity index (χ1v) is 6.94. The molecule has 0 heterocycles. The molecule has 8 heteroatoms. The Morgan fingerprint density at radius 2 is 1.12 bits per heavy atom. The second-order valence-electron chi connectivity index (χ2n) is 4.96. The third-order valence-corrected chi connectivity index (χ3v) is 3.34. The highest BCUT2D eigenvalue weighted by Gasteiger charge is 2.18. The molecular weight excluding hydrogens is 344 g/mol. The number of carboxylic acid groups (broad SMARTS) is 4. The molecule has 0 spiro atoms. The van der Waals surface area contributed by atoms with Crippen LogP contribution in [0, 0.1) is 11.8 Å². The Morgan fingerprint density at radius 3 is 1.58 bits per heavy atom. The molecule has 0 radical (unpaired) electrons. The molecule has 2 aromatic rings. The minimum Gasteiger partial charge on any atom is -0.478 e. The summed E-state index contributed by atoms with van der Waals surface area (Å²) in [6.45, 7) is 0. The molecule has 26 heavy (non-hydrogen) atoms. The number of rotatable bonds is 4. The van der Waals surface area contributed by atoms with Gasteiger partial charge in [-0.05, 0) is 30.3 Å². The van der Waals surface area contributed by atoms with Crippen molar-refractivity contribution >= 4 is 23.9 Å². The average Bonchev–Trinajstić information content (AvgIpc) is 2.58. The summed E-state index contributed by atoms with van der Waals surface area (Å²) in [7, 11) is 0. The number of hydrogen-bond donors (Lipinski definition) is 4. The zero-order valence-electron chi connectivity index (χ0n) is 12.9. The predicted molar refractivity (Wildman–Crippen MR) is 86.7 cm³/mol. The zero-order valence-corrected chi connectivity index (χ0v) is 12.9. The lowest BCUT2D eigenvalue weighted by atomic mass is 10.00. The minimum atomic E-state index is -1.47. The summed E-state index contributed by atoms with van der Waals surface area (Å²) < 4.78 is 0. The van der Waals surface area contributed by atoms with Crippen molar-refractivity contribution in [1.82, 2.24) is 0 Å². The van der Waals surface area contributed by atoms with Crippen LogP contribution in [0.15, 0.2) is 36.4 Å². The first kappa shape index (κ1) is 18.2. The Kier molecular flexibility index (Phi) is 5.04. The predicted octanol–water partition coefficient (Wildman–Crippen LogP) is 1.88. The fraction of sp³-hybridized carbons (Fsp3) is 0. The maximum absolute atomic E-state index is 11.3. The fourth-order valence-electron chi connectivity index (χ4n) is 2.16. The maximum Gasteiger partial charge on any atom is 0.336 e. The molecule has 2 rings (SSSR count). The number of hydrogen-bond acceptors (Lipinski definition) is 4. The topological polar surface area (TPSA) is 149 Å². The van der Waals surface area contributed by atoms with E-state index in [1.807, 2.05) is 0 Å². The molecule has 0 amide bonds. The molecule has 0 aliphatic rings. The number of carbonyl (C=O) groups is 4. The molecule has 2 aromatic carbocycles. The van der Waals surface area contributed by atoms with Crippen LogP contribution in [-0.4, -0.2) is 44.3 Å². The second-order valence-corrected chi connectivity index (χ2v) is 4.96. The summed E-state index contributed by atoms with van der Waals surface area (Å²) in [5.41, 5.74) is -1.72. The Morgan fingerprint density at radius 1 is 0.615 bits per heavy atom. The van der Waals surface area contributed by atoms with E-state index in [0.717, 1.165) is 12.1 Å². The van der Waals surface area contributed by atoms with Crippen molar-refractivity contribution in [3.8, 4) is 11.8 Å². The van der Waals surface area contributed by atoms with Crippen LogP contribution in [0.5, 0.6) is 0 Å². The molecule has 0 aliphatic carbocycles. The van der Waals surface area contributed by atoms with Crippen LogP contribution in [-0.2, 0) is 0 Å². The second kappa shape index (κ2) is 7.19. The van der Waals surface area contributed by atoms with Crippen molar-refractivity contribution in [2.75, 3.05) is 0 Å². The number of benzene rings is 2. The van der Waals surface area contributed by atoms with Gasteiger partial charge in [0.05, 0.1) is 27.8 Å². The molecule has 8 nitrogen and oxygen atoms in total. The van der Waals surface area contributed by atoms with Gasteiger partial charge >= 0.3 is 23.9 Å². The summed E-state index contributed by atoms with van der Waals surface area (Å²) in [6, 6.07) is 6.96. The summed E-state index contributed by atoms with van der Waals surface area (Å²) >= 11 is 0. The summed E-state index contributed by atoms with van der Waals surface area (Å²) in [6.07, 6.45) is 0. The van der Waals surface area contributed by atoms with Crippen molar-refractivity contribution in [3.05, 3.63) is 69.8 Å². The van der Waals surface area contributed by atoms with E-state index in [2.05, 4.69) is 11.8 Å². The Hall–Kier alpha value is -4.12. The molecule has 130 valence electrons. The van der Waals surface area contributed by atoms with Crippen LogP contribution in [0.1, 0.15) is 52.6 Å². The van der Waals surface area contributed by atoms with Gasteiger partial charge in [0.1, 0.15) is 0 Å². The van der Waals surface area contributed by atoms with E-state index in [9.17, 15) is 29.4 Å². The van der Waals surface area contributed by atoms with E-state index in [1.165, 1.54) is 24.3 Å². The SMILES string of the molecule is O=C(O)c1ccc(C#Cc2c(C(=O)O)cccc2C(=O)O)cc1C(=O)O. The normalized spacial score (nSPS) is 9.69.